The van der Waals surface area contributed by atoms with Crippen molar-refractivity contribution in [1.29, 1.82) is 0 Å². The lowest BCUT2D eigenvalue weighted by Crippen LogP contribution is -2.45. The second kappa shape index (κ2) is 23.8. The highest BCUT2D eigenvalue weighted by atomic mass is 16.3. The summed E-state index contributed by atoms with van der Waals surface area (Å²) in [4.78, 5) is 12.1. The summed E-state index contributed by atoms with van der Waals surface area (Å²) in [6.45, 7) is 4.22. The predicted molar refractivity (Wildman–Crippen MR) is 133 cm³/mol. The highest BCUT2D eigenvalue weighted by molar-refractivity contribution is 5.76. The number of unbranched alkanes of at least 4 members (excludes halogenated alkanes) is 16. The van der Waals surface area contributed by atoms with Crippen LogP contribution in [0.4, 0.5) is 0 Å². The Balaban J connectivity index is 3.72. The van der Waals surface area contributed by atoms with Crippen molar-refractivity contribution in [3.05, 3.63) is 12.2 Å². The number of rotatable bonds is 23. The van der Waals surface area contributed by atoms with Gasteiger partial charge < -0.3 is 15.5 Å². The number of nitrogens with one attached hydrogen (secondary N) is 1. The van der Waals surface area contributed by atoms with Gasteiger partial charge in [-0.25, -0.2) is 0 Å². The van der Waals surface area contributed by atoms with E-state index in [2.05, 4.69) is 19.2 Å². The third-order valence-electron chi connectivity index (χ3n) is 6.02. The minimum absolute atomic E-state index is 0.0743. The van der Waals surface area contributed by atoms with Crippen LogP contribution in [0.5, 0.6) is 0 Å². The number of hydrogen-bond acceptors (Lipinski definition) is 3. The third-order valence-corrected chi connectivity index (χ3v) is 6.02. The monoisotopic (exact) mass is 439 g/mol. The van der Waals surface area contributed by atoms with Crippen LogP contribution in [-0.4, -0.2) is 34.9 Å². The highest BCUT2D eigenvalue weighted by Gasteiger charge is 2.17. The van der Waals surface area contributed by atoms with E-state index in [1.807, 2.05) is 6.08 Å². The maximum atomic E-state index is 12.1. The third kappa shape index (κ3) is 20.8. The summed E-state index contributed by atoms with van der Waals surface area (Å²) in [6, 6.07) is -0.610. The molecule has 0 saturated carbocycles. The molecule has 0 bridgehead atoms. The molecule has 0 aliphatic carbocycles. The number of carbonyl (C=O) groups excluding carboxylic acids is 1. The van der Waals surface area contributed by atoms with Gasteiger partial charge in [0.05, 0.1) is 18.8 Å². The lowest BCUT2D eigenvalue weighted by Gasteiger charge is -2.20. The Morgan fingerprint density at radius 2 is 1.19 bits per heavy atom. The average molecular weight is 440 g/mol. The van der Waals surface area contributed by atoms with Crippen molar-refractivity contribution >= 4 is 5.91 Å². The normalized spacial score (nSPS) is 13.5. The molecule has 2 atom stereocenters. The van der Waals surface area contributed by atoms with Crippen LogP contribution in [0, 0.1) is 0 Å². The Bertz CT molecular complexity index is 411. The van der Waals surface area contributed by atoms with Gasteiger partial charge in [-0.05, 0) is 19.3 Å². The largest absolute Gasteiger partial charge is 0.394 e. The van der Waals surface area contributed by atoms with Crippen LogP contribution in [0.25, 0.3) is 0 Å². The first kappa shape index (κ1) is 30.1. The van der Waals surface area contributed by atoms with E-state index in [0.29, 0.717) is 6.42 Å². The molecule has 4 nitrogen and oxygen atoms in total. The summed E-state index contributed by atoms with van der Waals surface area (Å²) in [5, 5.41) is 22.6. The van der Waals surface area contributed by atoms with Crippen molar-refractivity contribution in [3.63, 3.8) is 0 Å². The fourth-order valence-electron chi connectivity index (χ4n) is 3.88. The van der Waals surface area contributed by atoms with Crippen LogP contribution in [0.1, 0.15) is 136 Å². The minimum Gasteiger partial charge on any atom is -0.394 e. The Hall–Kier alpha value is -0.870. The predicted octanol–water partition coefficient (Wildman–Crippen LogP) is 6.83. The van der Waals surface area contributed by atoms with Gasteiger partial charge in [-0.3, -0.25) is 4.79 Å². The molecule has 1 amide bonds. The summed E-state index contributed by atoms with van der Waals surface area (Å²) >= 11 is 0. The number of carbonyl (C=O) groups is 1. The first-order valence-electron chi connectivity index (χ1n) is 13.4. The standard InChI is InChI=1S/C27H53NO3/c1-3-5-7-9-11-12-13-14-15-17-18-20-22-26(30)25(24-29)28-27(31)23-21-19-16-10-8-6-4-2/h20,22,25-26,29-30H,3-19,21,23-24H2,1-2H3,(H,28,31)/b22-20+. The Morgan fingerprint density at radius 3 is 1.68 bits per heavy atom. The van der Waals surface area contributed by atoms with Gasteiger partial charge in [-0.1, -0.05) is 122 Å². The molecule has 0 fully saturated rings. The zero-order chi connectivity index (χ0) is 23.0. The molecule has 0 saturated heterocycles. The first-order valence-corrected chi connectivity index (χ1v) is 13.4. The zero-order valence-electron chi connectivity index (χ0n) is 20.8. The van der Waals surface area contributed by atoms with E-state index in [-0.39, 0.29) is 12.5 Å². The van der Waals surface area contributed by atoms with E-state index in [1.165, 1.54) is 89.9 Å². The average Bonchev–Trinajstić information content (AvgIpc) is 2.77. The SMILES string of the molecule is CCCCCCCCCCCC/C=C/C(O)C(CO)NC(=O)CCCCCCCCC. The molecule has 31 heavy (non-hydrogen) atoms. The molecule has 0 rings (SSSR count). The number of aliphatic hydroxyl groups is 2. The maximum Gasteiger partial charge on any atom is 0.220 e. The lowest BCUT2D eigenvalue weighted by molar-refractivity contribution is -0.123. The number of amides is 1. The van der Waals surface area contributed by atoms with E-state index < -0.39 is 12.1 Å². The van der Waals surface area contributed by atoms with Crippen molar-refractivity contribution in [2.75, 3.05) is 6.61 Å². The Kier molecular flexibility index (Phi) is 23.1. The fourth-order valence-corrected chi connectivity index (χ4v) is 3.88. The molecule has 2 unspecified atom stereocenters. The quantitative estimate of drug-likeness (QED) is 0.121. The summed E-state index contributed by atoms with van der Waals surface area (Å²) in [5.41, 5.74) is 0. The summed E-state index contributed by atoms with van der Waals surface area (Å²) in [7, 11) is 0. The Morgan fingerprint density at radius 1 is 0.742 bits per heavy atom. The number of aliphatic hydroxyl groups excluding tert-OH is 2. The van der Waals surface area contributed by atoms with E-state index in [9.17, 15) is 15.0 Å². The fraction of sp³-hybridized carbons (Fsp3) is 0.889. The van der Waals surface area contributed by atoms with E-state index in [4.69, 9.17) is 0 Å². The molecule has 0 radical (unpaired) electrons. The molecule has 0 aromatic carbocycles. The first-order chi connectivity index (χ1) is 15.2. The van der Waals surface area contributed by atoms with Crippen molar-refractivity contribution in [2.45, 2.75) is 148 Å². The lowest BCUT2D eigenvalue weighted by atomic mass is 10.1. The van der Waals surface area contributed by atoms with E-state index >= 15 is 0 Å². The van der Waals surface area contributed by atoms with Gasteiger partial charge in [-0.15, -0.1) is 0 Å². The molecule has 0 aromatic rings. The van der Waals surface area contributed by atoms with Crippen molar-refractivity contribution in [1.82, 2.24) is 5.32 Å². The topological polar surface area (TPSA) is 69.6 Å². The van der Waals surface area contributed by atoms with Crippen LogP contribution in [0.2, 0.25) is 0 Å². The molecule has 0 aromatic heterocycles. The van der Waals surface area contributed by atoms with Gasteiger partial charge in [0.25, 0.3) is 0 Å². The van der Waals surface area contributed by atoms with Gasteiger partial charge in [0, 0.05) is 6.42 Å². The Labute approximate surface area is 193 Å². The minimum atomic E-state index is -0.828. The van der Waals surface area contributed by atoms with Crippen molar-refractivity contribution in [3.8, 4) is 0 Å². The zero-order valence-corrected chi connectivity index (χ0v) is 20.8. The van der Waals surface area contributed by atoms with Crippen LogP contribution in [-0.2, 0) is 4.79 Å². The summed E-state index contributed by atoms with van der Waals surface area (Å²) < 4.78 is 0. The second-order valence-electron chi connectivity index (χ2n) is 9.12. The van der Waals surface area contributed by atoms with Gasteiger partial charge >= 0.3 is 0 Å². The van der Waals surface area contributed by atoms with Crippen LogP contribution >= 0.6 is 0 Å². The van der Waals surface area contributed by atoms with Crippen LogP contribution in [0.3, 0.4) is 0 Å². The summed E-state index contributed by atoms with van der Waals surface area (Å²) in [5.74, 6) is -0.0743. The molecular formula is C27H53NO3. The smallest absolute Gasteiger partial charge is 0.220 e. The molecule has 3 N–H and O–H groups in total. The number of allylic oxidation sites excluding steroid dienone is 1. The molecule has 4 heteroatoms. The highest BCUT2D eigenvalue weighted by Crippen LogP contribution is 2.12. The van der Waals surface area contributed by atoms with Crippen LogP contribution < -0.4 is 5.32 Å². The van der Waals surface area contributed by atoms with Crippen LogP contribution in [0.15, 0.2) is 12.2 Å². The second-order valence-corrected chi connectivity index (χ2v) is 9.12. The summed E-state index contributed by atoms with van der Waals surface area (Å²) in [6.07, 6.45) is 25.7. The van der Waals surface area contributed by atoms with Gasteiger partial charge in [0.15, 0.2) is 0 Å². The van der Waals surface area contributed by atoms with E-state index in [0.717, 1.165) is 25.7 Å². The molecule has 0 spiro atoms. The van der Waals surface area contributed by atoms with Gasteiger partial charge in [-0.2, -0.15) is 0 Å². The molecule has 184 valence electrons. The molecule has 0 aliphatic heterocycles. The molecule has 0 aliphatic rings. The molecular weight excluding hydrogens is 386 g/mol. The number of hydrogen-bond donors (Lipinski definition) is 3. The molecule has 0 heterocycles. The van der Waals surface area contributed by atoms with Crippen molar-refractivity contribution in [2.24, 2.45) is 0 Å². The van der Waals surface area contributed by atoms with Gasteiger partial charge in [0.2, 0.25) is 5.91 Å². The van der Waals surface area contributed by atoms with Gasteiger partial charge in [0.1, 0.15) is 0 Å². The maximum absolute atomic E-state index is 12.1. The van der Waals surface area contributed by atoms with E-state index in [1.54, 1.807) is 6.08 Å². The van der Waals surface area contributed by atoms with Crippen molar-refractivity contribution < 1.29 is 15.0 Å².